The number of ether oxygens (including phenoxy) is 2. The minimum absolute atomic E-state index is 0.198. The van der Waals surface area contributed by atoms with Crippen molar-refractivity contribution in [1.29, 1.82) is 0 Å². The van der Waals surface area contributed by atoms with Crippen molar-refractivity contribution in [3.05, 3.63) is 0 Å². The fraction of sp³-hybridized carbons (Fsp3) is 0.857. The third kappa shape index (κ3) is 1.91. The quantitative estimate of drug-likeness (QED) is 0.532. The molecule has 0 aliphatic carbocycles. The zero-order chi connectivity index (χ0) is 8.27. The summed E-state index contributed by atoms with van der Waals surface area (Å²) < 4.78 is 9.66. The van der Waals surface area contributed by atoms with Crippen LogP contribution in [0.25, 0.3) is 0 Å². The van der Waals surface area contributed by atoms with Gasteiger partial charge in [-0.25, -0.2) is 4.79 Å². The van der Waals surface area contributed by atoms with Gasteiger partial charge in [-0.15, -0.1) is 0 Å². The van der Waals surface area contributed by atoms with Gasteiger partial charge in [0, 0.05) is 12.6 Å². The van der Waals surface area contributed by atoms with Crippen molar-refractivity contribution in [2.24, 2.45) is 5.73 Å². The lowest BCUT2D eigenvalue weighted by molar-refractivity contribution is -0.158. The van der Waals surface area contributed by atoms with E-state index in [1.165, 1.54) is 7.11 Å². The van der Waals surface area contributed by atoms with Gasteiger partial charge in [0.25, 0.3) is 0 Å². The number of nitrogens with two attached hydrogens (primary N) is 1. The van der Waals surface area contributed by atoms with Crippen LogP contribution < -0.4 is 5.73 Å². The molecule has 0 amide bonds. The molecule has 0 saturated carbocycles. The maximum absolute atomic E-state index is 11.0. The number of rotatable bonds is 1. The first-order chi connectivity index (χ1) is 5.25. The van der Waals surface area contributed by atoms with Crippen LogP contribution >= 0.6 is 0 Å². The molecular formula is C7H13NO3. The fourth-order valence-electron chi connectivity index (χ4n) is 1.16. The minimum atomic E-state index is -0.547. The average Bonchev–Trinajstić information content (AvgIpc) is 2.04. The van der Waals surface area contributed by atoms with Crippen molar-refractivity contribution in [2.75, 3.05) is 13.7 Å². The molecule has 0 aromatic heterocycles. The van der Waals surface area contributed by atoms with Crippen molar-refractivity contribution in [3.8, 4) is 0 Å². The molecule has 4 nitrogen and oxygen atoms in total. The van der Waals surface area contributed by atoms with Gasteiger partial charge in [0.2, 0.25) is 0 Å². The molecule has 2 atom stereocenters. The highest BCUT2D eigenvalue weighted by Gasteiger charge is 2.29. The molecular weight excluding hydrogens is 146 g/mol. The summed E-state index contributed by atoms with van der Waals surface area (Å²) in [5.74, 6) is -0.364. The van der Waals surface area contributed by atoms with Crippen LogP contribution in [0.3, 0.4) is 0 Å². The Balaban J connectivity index is 2.47. The summed E-state index contributed by atoms with van der Waals surface area (Å²) in [6, 6.07) is -0.198. The van der Waals surface area contributed by atoms with Gasteiger partial charge >= 0.3 is 5.97 Å². The molecule has 0 spiro atoms. The Morgan fingerprint density at radius 3 is 3.00 bits per heavy atom. The van der Waals surface area contributed by atoms with Gasteiger partial charge in [-0.05, 0) is 12.8 Å². The summed E-state index contributed by atoms with van der Waals surface area (Å²) in [6.07, 6.45) is 1.21. The first-order valence-electron chi connectivity index (χ1n) is 3.70. The molecule has 1 saturated heterocycles. The molecule has 1 rings (SSSR count). The summed E-state index contributed by atoms with van der Waals surface area (Å²) in [6.45, 7) is 0.605. The van der Waals surface area contributed by atoms with Gasteiger partial charge in [-0.1, -0.05) is 0 Å². The van der Waals surface area contributed by atoms with Crippen LogP contribution in [-0.4, -0.2) is 31.8 Å². The van der Waals surface area contributed by atoms with Crippen LogP contribution in [0.1, 0.15) is 12.8 Å². The van der Waals surface area contributed by atoms with Crippen molar-refractivity contribution in [1.82, 2.24) is 0 Å². The minimum Gasteiger partial charge on any atom is -0.467 e. The topological polar surface area (TPSA) is 61.5 Å². The summed E-state index contributed by atoms with van der Waals surface area (Å²) in [7, 11) is 1.34. The predicted molar refractivity (Wildman–Crippen MR) is 39.0 cm³/mol. The average molecular weight is 159 g/mol. The highest BCUT2D eigenvalue weighted by atomic mass is 16.6. The van der Waals surface area contributed by atoms with E-state index in [-0.39, 0.29) is 12.0 Å². The molecule has 64 valence electrons. The lowest BCUT2D eigenvalue weighted by Gasteiger charge is -2.26. The first-order valence-corrected chi connectivity index (χ1v) is 3.70. The van der Waals surface area contributed by atoms with E-state index in [0.29, 0.717) is 6.61 Å². The Labute approximate surface area is 65.7 Å². The van der Waals surface area contributed by atoms with E-state index in [2.05, 4.69) is 4.74 Å². The van der Waals surface area contributed by atoms with Crippen LogP contribution in [-0.2, 0) is 14.3 Å². The SMILES string of the molecule is COC(=O)[C@H]1OCCC[C@H]1N. The van der Waals surface area contributed by atoms with E-state index in [0.717, 1.165) is 12.8 Å². The summed E-state index contributed by atoms with van der Waals surface area (Å²) >= 11 is 0. The lowest BCUT2D eigenvalue weighted by Crippen LogP contribution is -2.46. The second kappa shape index (κ2) is 3.69. The molecule has 0 aromatic rings. The molecule has 4 heteroatoms. The van der Waals surface area contributed by atoms with Gasteiger partial charge in [-0.2, -0.15) is 0 Å². The molecule has 0 aromatic carbocycles. The molecule has 11 heavy (non-hydrogen) atoms. The summed E-state index contributed by atoms with van der Waals surface area (Å²) in [4.78, 5) is 11.0. The van der Waals surface area contributed by atoms with Gasteiger partial charge in [0.05, 0.1) is 7.11 Å². The Bertz CT molecular complexity index is 149. The standard InChI is InChI=1S/C7H13NO3/c1-10-7(9)6-5(8)3-2-4-11-6/h5-6H,2-4,8H2,1H3/t5-,6+/m1/s1. The van der Waals surface area contributed by atoms with E-state index < -0.39 is 6.10 Å². The maximum Gasteiger partial charge on any atom is 0.336 e. The molecule has 1 fully saturated rings. The van der Waals surface area contributed by atoms with Gasteiger partial charge in [0.1, 0.15) is 0 Å². The highest BCUT2D eigenvalue weighted by Crippen LogP contribution is 2.12. The zero-order valence-electron chi connectivity index (χ0n) is 6.58. The van der Waals surface area contributed by atoms with Crippen LogP contribution in [0.2, 0.25) is 0 Å². The normalized spacial score (nSPS) is 31.5. The lowest BCUT2D eigenvalue weighted by atomic mass is 10.0. The second-order valence-corrected chi connectivity index (χ2v) is 2.62. The number of carbonyl (C=O) groups is 1. The monoisotopic (exact) mass is 159 g/mol. The number of hydrogen-bond donors (Lipinski definition) is 1. The van der Waals surface area contributed by atoms with Crippen LogP contribution in [0.4, 0.5) is 0 Å². The Morgan fingerprint density at radius 1 is 1.73 bits per heavy atom. The predicted octanol–water partition coefficient (Wildman–Crippen LogP) is -0.334. The second-order valence-electron chi connectivity index (χ2n) is 2.62. The summed E-state index contributed by atoms with van der Waals surface area (Å²) in [5, 5.41) is 0. The van der Waals surface area contributed by atoms with Crippen molar-refractivity contribution < 1.29 is 14.3 Å². The molecule has 0 radical (unpaired) electrons. The van der Waals surface area contributed by atoms with Gasteiger partial charge in [-0.3, -0.25) is 0 Å². The van der Waals surface area contributed by atoms with Crippen molar-refractivity contribution in [3.63, 3.8) is 0 Å². The van der Waals surface area contributed by atoms with E-state index in [1.807, 2.05) is 0 Å². The number of esters is 1. The van der Waals surface area contributed by atoms with E-state index >= 15 is 0 Å². The maximum atomic E-state index is 11.0. The first kappa shape index (κ1) is 8.49. The Kier molecular flexibility index (Phi) is 2.84. The Hall–Kier alpha value is -0.610. The van der Waals surface area contributed by atoms with Gasteiger partial charge in [0.15, 0.2) is 6.10 Å². The van der Waals surface area contributed by atoms with Gasteiger partial charge < -0.3 is 15.2 Å². The third-order valence-electron chi connectivity index (χ3n) is 1.80. The number of hydrogen-bond acceptors (Lipinski definition) is 4. The van der Waals surface area contributed by atoms with E-state index in [9.17, 15) is 4.79 Å². The number of methoxy groups -OCH3 is 1. The zero-order valence-corrected chi connectivity index (χ0v) is 6.58. The highest BCUT2D eigenvalue weighted by molar-refractivity contribution is 5.75. The van der Waals surface area contributed by atoms with E-state index in [4.69, 9.17) is 10.5 Å². The molecule has 1 aliphatic rings. The molecule has 1 aliphatic heterocycles. The van der Waals surface area contributed by atoms with Crippen LogP contribution in [0.15, 0.2) is 0 Å². The summed E-state index contributed by atoms with van der Waals surface area (Å²) in [5.41, 5.74) is 5.63. The molecule has 0 bridgehead atoms. The smallest absolute Gasteiger partial charge is 0.336 e. The Morgan fingerprint density at radius 2 is 2.45 bits per heavy atom. The molecule has 0 unspecified atom stereocenters. The van der Waals surface area contributed by atoms with Crippen molar-refractivity contribution >= 4 is 5.97 Å². The van der Waals surface area contributed by atoms with Crippen LogP contribution in [0, 0.1) is 0 Å². The van der Waals surface area contributed by atoms with Crippen molar-refractivity contribution in [2.45, 2.75) is 25.0 Å². The largest absolute Gasteiger partial charge is 0.467 e. The number of carbonyl (C=O) groups excluding carboxylic acids is 1. The molecule has 2 N–H and O–H groups in total. The van der Waals surface area contributed by atoms with Crippen LogP contribution in [0.5, 0.6) is 0 Å². The fourth-order valence-corrected chi connectivity index (χ4v) is 1.16. The van der Waals surface area contributed by atoms with E-state index in [1.54, 1.807) is 0 Å². The molecule has 1 heterocycles. The third-order valence-corrected chi connectivity index (χ3v) is 1.80.